The maximum absolute atomic E-state index is 12.5. The number of amides is 1. The lowest BCUT2D eigenvalue weighted by atomic mass is 9.88. The first-order valence-electron chi connectivity index (χ1n) is 9.64. The number of carbonyl (C=O) groups excluding carboxylic acids is 1. The summed E-state index contributed by atoms with van der Waals surface area (Å²) in [7, 11) is 0. The number of aromatic nitrogens is 1. The van der Waals surface area contributed by atoms with Crippen molar-refractivity contribution >= 4 is 16.8 Å². The Morgan fingerprint density at radius 1 is 1.04 bits per heavy atom. The van der Waals surface area contributed by atoms with E-state index in [0.717, 1.165) is 31.3 Å². The number of benzene rings is 2. The molecule has 0 aliphatic carbocycles. The van der Waals surface area contributed by atoms with Gasteiger partial charge in [-0.25, -0.2) is 0 Å². The Kier molecular flexibility index (Phi) is 6.48. The number of hydrogen-bond acceptors (Lipinski definition) is 1. The number of carbonyl (C=O) groups is 1. The number of aromatic amines is 1. The molecule has 0 radical (unpaired) electrons. The lowest BCUT2D eigenvalue weighted by Crippen LogP contribution is -2.26. The van der Waals surface area contributed by atoms with Gasteiger partial charge in [0.2, 0.25) is 5.91 Å². The number of rotatable bonds is 9. The molecule has 1 heterocycles. The molecule has 1 aromatic heterocycles. The highest BCUT2D eigenvalue weighted by atomic mass is 16.1. The molecule has 26 heavy (non-hydrogen) atoms. The first-order valence-corrected chi connectivity index (χ1v) is 9.64. The van der Waals surface area contributed by atoms with Crippen molar-refractivity contribution < 1.29 is 4.79 Å². The standard InChI is InChI=1S/C23H28N2O/c1-2-3-9-14-24-23(26)16-19(15-18-10-5-4-6-11-18)21-17-25-22-13-8-7-12-20(21)22/h4-8,10-13,17,19,25H,2-3,9,14-16H2,1H3,(H,24,26). The van der Waals surface area contributed by atoms with Crippen LogP contribution in [0.2, 0.25) is 0 Å². The molecule has 3 heteroatoms. The topological polar surface area (TPSA) is 44.9 Å². The molecule has 1 amide bonds. The molecule has 1 atom stereocenters. The van der Waals surface area contributed by atoms with Crippen LogP contribution in [0.15, 0.2) is 60.8 Å². The number of H-pyrrole nitrogens is 1. The van der Waals surface area contributed by atoms with Gasteiger partial charge < -0.3 is 10.3 Å². The summed E-state index contributed by atoms with van der Waals surface area (Å²) in [5.41, 5.74) is 3.62. The maximum atomic E-state index is 12.5. The lowest BCUT2D eigenvalue weighted by Gasteiger charge is -2.17. The first kappa shape index (κ1) is 18.2. The Morgan fingerprint density at radius 3 is 2.62 bits per heavy atom. The van der Waals surface area contributed by atoms with Gasteiger partial charge in [0, 0.05) is 30.1 Å². The molecule has 0 saturated carbocycles. The van der Waals surface area contributed by atoms with Crippen LogP contribution in [0.5, 0.6) is 0 Å². The van der Waals surface area contributed by atoms with E-state index in [2.05, 4.69) is 65.9 Å². The smallest absolute Gasteiger partial charge is 0.220 e. The van der Waals surface area contributed by atoms with E-state index < -0.39 is 0 Å². The van der Waals surface area contributed by atoms with E-state index in [0.29, 0.717) is 6.42 Å². The van der Waals surface area contributed by atoms with E-state index in [9.17, 15) is 4.79 Å². The van der Waals surface area contributed by atoms with Crippen molar-refractivity contribution in [2.75, 3.05) is 6.54 Å². The maximum Gasteiger partial charge on any atom is 0.220 e. The average molecular weight is 348 g/mol. The molecule has 2 aromatic carbocycles. The van der Waals surface area contributed by atoms with Crippen molar-refractivity contribution in [3.63, 3.8) is 0 Å². The van der Waals surface area contributed by atoms with E-state index in [1.807, 2.05) is 12.1 Å². The fourth-order valence-electron chi connectivity index (χ4n) is 3.52. The van der Waals surface area contributed by atoms with Crippen LogP contribution in [-0.4, -0.2) is 17.4 Å². The molecule has 3 nitrogen and oxygen atoms in total. The van der Waals surface area contributed by atoms with E-state index in [1.165, 1.54) is 22.9 Å². The van der Waals surface area contributed by atoms with E-state index in [4.69, 9.17) is 0 Å². The summed E-state index contributed by atoms with van der Waals surface area (Å²) in [5, 5.41) is 4.31. The first-order chi connectivity index (χ1) is 12.8. The number of hydrogen-bond donors (Lipinski definition) is 2. The Balaban J connectivity index is 1.77. The lowest BCUT2D eigenvalue weighted by molar-refractivity contribution is -0.121. The number of fused-ring (bicyclic) bond motifs is 1. The quantitative estimate of drug-likeness (QED) is 0.514. The number of para-hydroxylation sites is 1. The van der Waals surface area contributed by atoms with Crippen LogP contribution < -0.4 is 5.32 Å². The largest absolute Gasteiger partial charge is 0.361 e. The zero-order valence-electron chi connectivity index (χ0n) is 15.5. The van der Waals surface area contributed by atoms with Crippen molar-refractivity contribution in [2.45, 2.75) is 44.9 Å². The molecule has 136 valence electrons. The van der Waals surface area contributed by atoms with E-state index >= 15 is 0 Å². The predicted octanol–water partition coefficient (Wildman–Crippen LogP) is 5.19. The highest BCUT2D eigenvalue weighted by Crippen LogP contribution is 2.30. The van der Waals surface area contributed by atoms with Crippen LogP contribution >= 0.6 is 0 Å². The Hall–Kier alpha value is -2.55. The fraction of sp³-hybridized carbons (Fsp3) is 0.348. The second-order valence-electron chi connectivity index (χ2n) is 6.94. The van der Waals surface area contributed by atoms with Crippen LogP contribution in [0, 0.1) is 0 Å². The molecule has 0 aliphatic heterocycles. The van der Waals surface area contributed by atoms with Crippen molar-refractivity contribution in [2.24, 2.45) is 0 Å². The second kappa shape index (κ2) is 9.23. The van der Waals surface area contributed by atoms with Crippen LogP contribution in [0.3, 0.4) is 0 Å². The Bertz CT molecular complexity index is 822. The number of nitrogens with one attached hydrogen (secondary N) is 2. The monoisotopic (exact) mass is 348 g/mol. The molecule has 0 aliphatic rings. The van der Waals surface area contributed by atoms with Crippen molar-refractivity contribution in [1.29, 1.82) is 0 Å². The van der Waals surface area contributed by atoms with Gasteiger partial charge in [-0.1, -0.05) is 68.3 Å². The fourth-order valence-corrected chi connectivity index (χ4v) is 3.52. The molecule has 0 bridgehead atoms. The summed E-state index contributed by atoms with van der Waals surface area (Å²) in [4.78, 5) is 15.9. The minimum absolute atomic E-state index is 0.146. The summed E-state index contributed by atoms with van der Waals surface area (Å²) in [6.45, 7) is 2.95. The van der Waals surface area contributed by atoms with Crippen LogP contribution in [0.1, 0.15) is 49.7 Å². The molecular formula is C23H28N2O. The minimum atomic E-state index is 0.146. The second-order valence-corrected chi connectivity index (χ2v) is 6.94. The average Bonchev–Trinajstić information content (AvgIpc) is 3.10. The van der Waals surface area contributed by atoms with Gasteiger partial charge in [0.15, 0.2) is 0 Å². The Labute approximate surface area is 155 Å². The molecule has 0 fully saturated rings. The molecule has 3 aromatic rings. The molecule has 3 rings (SSSR count). The third-order valence-corrected chi connectivity index (χ3v) is 4.92. The molecule has 2 N–H and O–H groups in total. The van der Waals surface area contributed by atoms with Crippen molar-refractivity contribution in [3.05, 3.63) is 71.9 Å². The Morgan fingerprint density at radius 2 is 1.81 bits per heavy atom. The zero-order valence-corrected chi connectivity index (χ0v) is 15.5. The van der Waals surface area contributed by atoms with Gasteiger partial charge in [0.25, 0.3) is 0 Å². The van der Waals surface area contributed by atoms with Gasteiger partial charge in [0.1, 0.15) is 0 Å². The number of unbranched alkanes of at least 4 members (excludes halogenated alkanes) is 2. The van der Waals surface area contributed by atoms with Crippen LogP contribution in [0.25, 0.3) is 10.9 Å². The van der Waals surface area contributed by atoms with Gasteiger partial charge in [0.05, 0.1) is 0 Å². The minimum Gasteiger partial charge on any atom is -0.361 e. The SMILES string of the molecule is CCCCCNC(=O)CC(Cc1ccccc1)c1c[nH]c2ccccc12. The van der Waals surface area contributed by atoms with Gasteiger partial charge >= 0.3 is 0 Å². The summed E-state index contributed by atoms with van der Waals surface area (Å²) in [6, 6.07) is 18.8. The molecule has 0 spiro atoms. The van der Waals surface area contributed by atoms with Gasteiger partial charge in [-0.05, 0) is 36.0 Å². The van der Waals surface area contributed by atoms with E-state index in [-0.39, 0.29) is 11.8 Å². The van der Waals surface area contributed by atoms with Gasteiger partial charge in [-0.3, -0.25) is 4.79 Å². The summed E-state index contributed by atoms with van der Waals surface area (Å²) < 4.78 is 0. The van der Waals surface area contributed by atoms with Crippen molar-refractivity contribution in [1.82, 2.24) is 10.3 Å². The molecule has 1 unspecified atom stereocenters. The third-order valence-electron chi connectivity index (χ3n) is 4.92. The third kappa shape index (κ3) is 4.75. The molecular weight excluding hydrogens is 320 g/mol. The van der Waals surface area contributed by atoms with Crippen LogP contribution in [0.4, 0.5) is 0 Å². The van der Waals surface area contributed by atoms with Gasteiger partial charge in [-0.2, -0.15) is 0 Å². The van der Waals surface area contributed by atoms with E-state index in [1.54, 1.807) is 0 Å². The predicted molar refractivity (Wildman–Crippen MR) is 108 cm³/mol. The highest BCUT2D eigenvalue weighted by Gasteiger charge is 2.19. The summed E-state index contributed by atoms with van der Waals surface area (Å²) >= 11 is 0. The molecule has 0 saturated heterocycles. The normalized spacial score (nSPS) is 12.2. The van der Waals surface area contributed by atoms with Crippen LogP contribution in [-0.2, 0) is 11.2 Å². The summed E-state index contributed by atoms with van der Waals surface area (Å²) in [6.07, 6.45) is 6.84. The van der Waals surface area contributed by atoms with Crippen molar-refractivity contribution in [3.8, 4) is 0 Å². The zero-order chi connectivity index (χ0) is 18.2. The summed E-state index contributed by atoms with van der Waals surface area (Å²) in [5.74, 6) is 0.312. The highest BCUT2D eigenvalue weighted by molar-refractivity contribution is 5.85. The van der Waals surface area contributed by atoms with Gasteiger partial charge in [-0.15, -0.1) is 0 Å².